The van der Waals surface area contributed by atoms with Crippen molar-refractivity contribution in [2.45, 2.75) is 19.8 Å². The van der Waals surface area contributed by atoms with Crippen LogP contribution in [0, 0.1) is 12.8 Å². The van der Waals surface area contributed by atoms with Crippen LogP contribution in [0.5, 0.6) is 5.88 Å². The number of aromatic nitrogens is 2. The Morgan fingerprint density at radius 1 is 1.21 bits per heavy atom. The van der Waals surface area contributed by atoms with Gasteiger partial charge in [0.25, 0.3) is 0 Å². The molecule has 0 amide bonds. The molecule has 5 heteroatoms. The fourth-order valence-corrected chi connectivity index (χ4v) is 3.24. The zero-order chi connectivity index (χ0) is 16.4. The molecule has 124 valence electrons. The zero-order valence-corrected chi connectivity index (χ0v) is 13.8. The number of furan rings is 1. The van der Waals surface area contributed by atoms with E-state index in [1.807, 2.05) is 43.5 Å². The molecule has 0 radical (unpaired) electrons. The van der Waals surface area contributed by atoms with E-state index in [0.717, 1.165) is 60.9 Å². The molecule has 0 atom stereocenters. The number of hydrogen-bond acceptors (Lipinski definition) is 5. The Balaban J connectivity index is 1.36. The zero-order valence-electron chi connectivity index (χ0n) is 13.8. The monoisotopic (exact) mass is 323 g/mol. The summed E-state index contributed by atoms with van der Waals surface area (Å²) in [7, 11) is 0. The van der Waals surface area contributed by atoms with E-state index in [0.29, 0.717) is 5.92 Å². The summed E-state index contributed by atoms with van der Waals surface area (Å²) in [4.78, 5) is 11.3. The second-order valence-electron chi connectivity index (χ2n) is 6.33. The molecule has 4 heterocycles. The van der Waals surface area contributed by atoms with Gasteiger partial charge in [-0.1, -0.05) is 6.07 Å². The van der Waals surface area contributed by atoms with E-state index in [1.54, 1.807) is 6.26 Å². The van der Waals surface area contributed by atoms with Crippen LogP contribution in [-0.2, 0) is 0 Å². The van der Waals surface area contributed by atoms with Gasteiger partial charge in [0.2, 0.25) is 5.88 Å². The minimum atomic E-state index is 0.562. The number of rotatable bonds is 4. The fraction of sp³-hybridized carbons (Fsp3) is 0.368. The maximum Gasteiger partial charge on any atom is 0.213 e. The lowest BCUT2D eigenvalue weighted by Crippen LogP contribution is -2.36. The Kier molecular flexibility index (Phi) is 4.07. The fourth-order valence-electron chi connectivity index (χ4n) is 3.24. The first-order chi connectivity index (χ1) is 11.8. The highest BCUT2D eigenvalue weighted by atomic mass is 16.5. The molecule has 1 aliphatic rings. The predicted octanol–water partition coefficient (Wildman–Crippen LogP) is 3.83. The molecule has 1 saturated heterocycles. The number of pyridine rings is 2. The summed E-state index contributed by atoms with van der Waals surface area (Å²) in [6, 6.07) is 9.79. The van der Waals surface area contributed by atoms with E-state index in [1.165, 1.54) is 0 Å². The Morgan fingerprint density at radius 3 is 2.92 bits per heavy atom. The first-order valence-corrected chi connectivity index (χ1v) is 8.43. The van der Waals surface area contributed by atoms with Gasteiger partial charge in [-0.15, -0.1) is 0 Å². The Labute approximate surface area is 141 Å². The van der Waals surface area contributed by atoms with Crippen molar-refractivity contribution < 1.29 is 9.15 Å². The largest absolute Gasteiger partial charge is 0.477 e. The molecular weight excluding hydrogens is 302 g/mol. The average molecular weight is 323 g/mol. The number of anilines is 1. The van der Waals surface area contributed by atoms with Crippen LogP contribution < -0.4 is 9.64 Å². The molecule has 0 spiro atoms. The van der Waals surface area contributed by atoms with Crippen LogP contribution in [-0.4, -0.2) is 29.7 Å². The first kappa shape index (κ1) is 15.0. The first-order valence-electron chi connectivity index (χ1n) is 8.43. The summed E-state index contributed by atoms with van der Waals surface area (Å²) in [5.74, 6) is 2.32. The van der Waals surface area contributed by atoms with Crippen LogP contribution in [0.1, 0.15) is 18.5 Å². The van der Waals surface area contributed by atoms with E-state index in [2.05, 4.69) is 14.9 Å². The van der Waals surface area contributed by atoms with Gasteiger partial charge in [-0.25, -0.2) is 9.97 Å². The standard InChI is InChI=1S/C19H21N3O2/c1-14-3-2-4-18(21-14)24-13-15-6-10-22(11-7-15)19-16-8-12-23-17(16)5-9-20-19/h2-5,8-9,12,15H,6-7,10-11,13H2,1H3. The van der Waals surface area contributed by atoms with Crippen molar-refractivity contribution in [3.63, 3.8) is 0 Å². The number of piperidine rings is 1. The van der Waals surface area contributed by atoms with Gasteiger partial charge in [0.1, 0.15) is 11.4 Å². The van der Waals surface area contributed by atoms with Crippen LogP contribution in [0.25, 0.3) is 11.0 Å². The van der Waals surface area contributed by atoms with E-state index < -0.39 is 0 Å². The Hall–Kier alpha value is -2.56. The van der Waals surface area contributed by atoms with E-state index >= 15 is 0 Å². The summed E-state index contributed by atoms with van der Waals surface area (Å²) >= 11 is 0. The van der Waals surface area contributed by atoms with Crippen LogP contribution in [0.15, 0.2) is 47.2 Å². The number of fused-ring (bicyclic) bond motifs is 1. The molecule has 4 rings (SSSR count). The minimum absolute atomic E-state index is 0.562. The van der Waals surface area contributed by atoms with Crippen molar-refractivity contribution in [1.82, 2.24) is 9.97 Å². The summed E-state index contributed by atoms with van der Waals surface area (Å²) in [6.45, 7) is 4.70. The molecule has 0 aromatic carbocycles. The van der Waals surface area contributed by atoms with Gasteiger partial charge in [-0.3, -0.25) is 0 Å². The Bertz CT molecular complexity index is 822. The smallest absolute Gasteiger partial charge is 0.213 e. The summed E-state index contributed by atoms with van der Waals surface area (Å²) in [5.41, 5.74) is 1.89. The molecular formula is C19H21N3O2. The summed E-state index contributed by atoms with van der Waals surface area (Å²) in [6.07, 6.45) is 5.74. The van der Waals surface area contributed by atoms with Crippen molar-refractivity contribution in [3.05, 3.63) is 48.5 Å². The Morgan fingerprint density at radius 2 is 2.08 bits per heavy atom. The normalized spacial score (nSPS) is 15.8. The third-order valence-electron chi connectivity index (χ3n) is 4.60. The lowest BCUT2D eigenvalue weighted by Gasteiger charge is -2.32. The van der Waals surface area contributed by atoms with Crippen molar-refractivity contribution in [1.29, 1.82) is 0 Å². The van der Waals surface area contributed by atoms with Crippen LogP contribution in [0.2, 0.25) is 0 Å². The van der Waals surface area contributed by atoms with Crippen molar-refractivity contribution in [2.24, 2.45) is 5.92 Å². The van der Waals surface area contributed by atoms with Gasteiger partial charge in [0.15, 0.2) is 0 Å². The van der Waals surface area contributed by atoms with Crippen molar-refractivity contribution in [2.75, 3.05) is 24.6 Å². The summed E-state index contributed by atoms with van der Waals surface area (Å²) < 4.78 is 11.3. The molecule has 5 nitrogen and oxygen atoms in total. The number of aryl methyl sites for hydroxylation is 1. The van der Waals surface area contributed by atoms with Crippen LogP contribution >= 0.6 is 0 Å². The van der Waals surface area contributed by atoms with Crippen LogP contribution in [0.4, 0.5) is 5.82 Å². The van der Waals surface area contributed by atoms with E-state index in [9.17, 15) is 0 Å². The van der Waals surface area contributed by atoms with E-state index in [4.69, 9.17) is 9.15 Å². The second-order valence-corrected chi connectivity index (χ2v) is 6.33. The van der Waals surface area contributed by atoms with E-state index in [-0.39, 0.29) is 0 Å². The lowest BCUT2D eigenvalue weighted by molar-refractivity contribution is 0.215. The maximum absolute atomic E-state index is 5.86. The third kappa shape index (κ3) is 3.07. The number of nitrogens with zero attached hydrogens (tertiary/aromatic N) is 3. The molecule has 0 N–H and O–H groups in total. The van der Waals surface area contributed by atoms with Crippen LogP contribution in [0.3, 0.4) is 0 Å². The molecule has 1 aliphatic heterocycles. The SMILES string of the molecule is Cc1cccc(OCC2CCN(c3nccc4occc34)CC2)n1. The highest BCUT2D eigenvalue weighted by molar-refractivity contribution is 5.88. The number of hydrogen-bond donors (Lipinski definition) is 0. The molecule has 24 heavy (non-hydrogen) atoms. The van der Waals surface area contributed by atoms with Gasteiger partial charge >= 0.3 is 0 Å². The quantitative estimate of drug-likeness (QED) is 0.730. The molecule has 3 aromatic rings. The highest BCUT2D eigenvalue weighted by Crippen LogP contribution is 2.29. The van der Waals surface area contributed by atoms with Gasteiger partial charge in [-0.05, 0) is 43.9 Å². The second kappa shape index (κ2) is 6.51. The average Bonchev–Trinajstić information content (AvgIpc) is 3.09. The summed E-state index contributed by atoms with van der Waals surface area (Å²) in [5, 5.41) is 1.09. The minimum Gasteiger partial charge on any atom is -0.477 e. The molecule has 3 aromatic heterocycles. The molecule has 0 aliphatic carbocycles. The van der Waals surface area contributed by atoms with Crippen molar-refractivity contribution >= 4 is 16.8 Å². The molecule has 1 fully saturated rings. The predicted molar refractivity (Wildman–Crippen MR) is 93.4 cm³/mol. The molecule has 0 bridgehead atoms. The highest BCUT2D eigenvalue weighted by Gasteiger charge is 2.22. The topological polar surface area (TPSA) is 51.4 Å². The van der Waals surface area contributed by atoms with Crippen molar-refractivity contribution in [3.8, 4) is 5.88 Å². The lowest BCUT2D eigenvalue weighted by atomic mass is 9.97. The van der Waals surface area contributed by atoms with Gasteiger partial charge < -0.3 is 14.1 Å². The van der Waals surface area contributed by atoms with Gasteiger partial charge in [0.05, 0.1) is 18.3 Å². The van der Waals surface area contributed by atoms with Gasteiger partial charge in [0, 0.05) is 31.0 Å². The maximum atomic E-state index is 5.86. The molecule has 0 saturated carbocycles. The molecule has 0 unspecified atom stereocenters. The number of ether oxygens (including phenoxy) is 1. The third-order valence-corrected chi connectivity index (χ3v) is 4.60. The van der Waals surface area contributed by atoms with Gasteiger partial charge in [-0.2, -0.15) is 0 Å².